The molecule has 0 aromatic heterocycles. The van der Waals surface area contributed by atoms with Crippen molar-refractivity contribution < 1.29 is 4.74 Å². The van der Waals surface area contributed by atoms with Crippen molar-refractivity contribution in [2.75, 3.05) is 7.11 Å². The van der Waals surface area contributed by atoms with E-state index < -0.39 is 0 Å². The normalized spacial score (nSPS) is 36.0. The predicted molar refractivity (Wildman–Crippen MR) is 85.3 cm³/mol. The molecule has 0 bridgehead atoms. The molecule has 0 saturated heterocycles. The monoisotopic (exact) mass is 276 g/mol. The zero-order valence-corrected chi connectivity index (χ0v) is 12.6. The second-order valence-corrected chi connectivity index (χ2v) is 7.25. The van der Waals surface area contributed by atoms with Crippen LogP contribution in [0, 0.1) is 24.2 Å². The highest BCUT2D eigenvalue weighted by Crippen LogP contribution is 2.75. The van der Waals surface area contributed by atoms with Gasteiger partial charge in [0.25, 0.3) is 0 Å². The van der Waals surface area contributed by atoms with Gasteiger partial charge < -0.3 is 4.74 Å². The summed E-state index contributed by atoms with van der Waals surface area (Å²) in [5.41, 5.74) is 3.94. The average molecular weight is 276 g/mol. The van der Waals surface area contributed by atoms with Crippen LogP contribution < -0.4 is 4.74 Å². The van der Waals surface area contributed by atoms with Crippen LogP contribution in [0.3, 0.4) is 0 Å². The molecule has 0 N–H and O–H groups in total. The summed E-state index contributed by atoms with van der Waals surface area (Å²) >= 11 is 0. The van der Waals surface area contributed by atoms with Crippen LogP contribution >= 0.6 is 0 Å². The standard InChI is InChI=1S/C20H20O/c1-19-9-7-14-12-20(14,19)18-6-3-13-11-15(21-2)4-5-16(13)17(18)8-10-19/h3-6,8-9,11,14H,7,10,12H2,1-2H3/t14-,19+,20+/m1/s1. The van der Waals surface area contributed by atoms with E-state index >= 15 is 0 Å². The Morgan fingerprint density at radius 3 is 2.90 bits per heavy atom. The van der Waals surface area contributed by atoms with E-state index in [-0.39, 0.29) is 0 Å². The van der Waals surface area contributed by atoms with Crippen LogP contribution in [0.4, 0.5) is 0 Å². The molecule has 2 aromatic carbocycles. The molecular formula is C20H20O. The molecule has 2 fully saturated rings. The van der Waals surface area contributed by atoms with Crippen molar-refractivity contribution in [1.82, 2.24) is 0 Å². The molecular weight excluding hydrogens is 256 g/mol. The minimum Gasteiger partial charge on any atom is -0.497 e. The fourth-order valence-electron chi connectivity index (χ4n) is 5.18. The molecule has 3 aliphatic carbocycles. The maximum absolute atomic E-state index is 5.36. The minimum atomic E-state index is 0.394. The lowest BCUT2D eigenvalue weighted by Gasteiger charge is -2.41. The number of ether oxygens (including phenoxy) is 1. The summed E-state index contributed by atoms with van der Waals surface area (Å²) in [5.74, 6) is 1.84. The van der Waals surface area contributed by atoms with Crippen LogP contribution in [0.2, 0.25) is 0 Å². The summed E-state index contributed by atoms with van der Waals surface area (Å²) in [6.45, 7) is 2.47. The van der Waals surface area contributed by atoms with E-state index in [9.17, 15) is 0 Å². The van der Waals surface area contributed by atoms with E-state index in [2.05, 4.69) is 50.1 Å². The summed E-state index contributed by atoms with van der Waals surface area (Å²) in [5, 5.41) is 2.69. The number of benzene rings is 2. The molecule has 2 aromatic rings. The number of rotatable bonds is 1. The average Bonchev–Trinajstić information content (AvgIpc) is 3.17. The molecule has 2 saturated carbocycles. The zero-order valence-electron chi connectivity index (χ0n) is 12.6. The van der Waals surface area contributed by atoms with E-state index in [0.717, 1.165) is 11.7 Å². The van der Waals surface area contributed by atoms with Crippen molar-refractivity contribution in [3.63, 3.8) is 0 Å². The Balaban J connectivity index is 1.76. The minimum absolute atomic E-state index is 0.394. The van der Waals surface area contributed by atoms with E-state index in [0.29, 0.717) is 10.8 Å². The lowest BCUT2D eigenvalue weighted by molar-refractivity contribution is 0.288. The third-order valence-electron chi connectivity index (χ3n) is 6.46. The van der Waals surface area contributed by atoms with Crippen LogP contribution in [0.5, 0.6) is 5.75 Å². The maximum atomic E-state index is 5.36. The Kier molecular flexibility index (Phi) is 2.09. The lowest BCUT2D eigenvalue weighted by Crippen LogP contribution is -2.35. The largest absolute Gasteiger partial charge is 0.497 e. The molecule has 5 rings (SSSR count). The molecule has 21 heavy (non-hydrogen) atoms. The Bertz CT molecular complexity index is 762. The van der Waals surface area contributed by atoms with Crippen molar-refractivity contribution in [3.8, 4) is 5.75 Å². The smallest absolute Gasteiger partial charge is 0.119 e. The number of hydrogen-bond donors (Lipinski definition) is 0. The van der Waals surface area contributed by atoms with Gasteiger partial charge in [0.1, 0.15) is 5.75 Å². The van der Waals surface area contributed by atoms with Gasteiger partial charge in [0, 0.05) is 5.41 Å². The number of hydrogen-bond acceptors (Lipinski definition) is 1. The Morgan fingerprint density at radius 2 is 2.10 bits per heavy atom. The zero-order chi connectivity index (χ0) is 14.2. The van der Waals surface area contributed by atoms with Gasteiger partial charge in [0.2, 0.25) is 0 Å². The van der Waals surface area contributed by atoms with Crippen molar-refractivity contribution in [1.29, 1.82) is 0 Å². The summed E-state index contributed by atoms with van der Waals surface area (Å²) in [7, 11) is 1.74. The molecule has 0 unspecified atom stereocenters. The number of methoxy groups -OCH3 is 1. The molecule has 2 radical (unpaired) electrons. The molecule has 3 aliphatic rings. The lowest BCUT2D eigenvalue weighted by atomic mass is 9.62. The van der Waals surface area contributed by atoms with Gasteiger partial charge in [-0.05, 0) is 77.5 Å². The fraction of sp³-hybridized carbons (Fsp3) is 0.400. The van der Waals surface area contributed by atoms with E-state index in [1.165, 1.54) is 35.6 Å². The first-order valence-electron chi connectivity index (χ1n) is 7.97. The Labute approximate surface area is 126 Å². The van der Waals surface area contributed by atoms with Gasteiger partial charge in [-0.15, -0.1) is 0 Å². The van der Waals surface area contributed by atoms with Gasteiger partial charge in [0.15, 0.2) is 0 Å². The Hall–Kier alpha value is -1.50. The SMILES string of the molecule is COc1ccc2c3c(ccc2c1)[C@]12C[C@H]1C[CH][C@@]2(C)C[CH]3. The van der Waals surface area contributed by atoms with Crippen LogP contribution in [0.1, 0.15) is 37.3 Å². The van der Waals surface area contributed by atoms with Crippen molar-refractivity contribution in [2.45, 2.75) is 31.6 Å². The summed E-state index contributed by atoms with van der Waals surface area (Å²) < 4.78 is 5.36. The summed E-state index contributed by atoms with van der Waals surface area (Å²) in [6, 6.07) is 11.2. The first-order valence-corrected chi connectivity index (χ1v) is 7.97. The van der Waals surface area contributed by atoms with Crippen LogP contribution in [0.15, 0.2) is 30.3 Å². The van der Waals surface area contributed by atoms with Gasteiger partial charge in [0.05, 0.1) is 7.11 Å². The van der Waals surface area contributed by atoms with Gasteiger partial charge in [-0.1, -0.05) is 25.1 Å². The molecule has 1 spiro atoms. The van der Waals surface area contributed by atoms with Gasteiger partial charge in [-0.3, -0.25) is 0 Å². The van der Waals surface area contributed by atoms with Crippen LogP contribution in [-0.4, -0.2) is 7.11 Å². The van der Waals surface area contributed by atoms with Crippen molar-refractivity contribution >= 4 is 10.8 Å². The van der Waals surface area contributed by atoms with Crippen LogP contribution in [-0.2, 0) is 5.41 Å². The van der Waals surface area contributed by atoms with Crippen molar-refractivity contribution in [2.24, 2.45) is 11.3 Å². The maximum Gasteiger partial charge on any atom is 0.119 e. The molecule has 1 heteroatoms. The predicted octanol–water partition coefficient (Wildman–Crippen LogP) is 4.68. The first-order chi connectivity index (χ1) is 10.2. The molecule has 0 amide bonds. The Morgan fingerprint density at radius 1 is 1.19 bits per heavy atom. The molecule has 106 valence electrons. The van der Waals surface area contributed by atoms with E-state index in [1.807, 2.05) is 0 Å². The van der Waals surface area contributed by atoms with Crippen molar-refractivity contribution in [3.05, 3.63) is 54.3 Å². The van der Waals surface area contributed by atoms with Gasteiger partial charge in [-0.25, -0.2) is 0 Å². The van der Waals surface area contributed by atoms with Gasteiger partial charge >= 0.3 is 0 Å². The fourth-order valence-corrected chi connectivity index (χ4v) is 5.18. The second-order valence-electron chi connectivity index (χ2n) is 7.25. The van der Waals surface area contributed by atoms with E-state index in [4.69, 9.17) is 4.74 Å². The highest BCUT2D eigenvalue weighted by atomic mass is 16.5. The molecule has 0 heterocycles. The third kappa shape index (κ3) is 1.29. The van der Waals surface area contributed by atoms with E-state index in [1.54, 1.807) is 12.7 Å². The second kappa shape index (κ2) is 3.63. The summed E-state index contributed by atoms with van der Waals surface area (Å²) in [6.07, 6.45) is 8.97. The third-order valence-corrected chi connectivity index (χ3v) is 6.46. The van der Waals surface area contributed by atoms with Crippen LogP contribution in [0.25, 0.3) is 10.8 Å². The highest BCUT2D eigenvalue weighted by molar-refractivity contribution is 5.90. The topological polar surface area (TPSA) is 9.23 Å². The first kappa shape index (κ1) is 12.1. The quantitative estimate of drug-likeness (QED) is 0.735. The van der Waals surface area contributed by atoms with Gasteiger partial charge in [-0.2, -0.15) is 0 Å². The number of fused-ring (bicyclic) bond motifs is 3. The molecule has 3 atom stereocenters. The molecule has 0 aliphatic heterocycles. The highest BCUT2D eigenvalue weighted by Gasteiger charge is 2.70. The molecule has 1 nitrogen and oxygen atoms in total. The summed E-state index contributed by atoms with van der Waals surface area (Å²) in [4.78, 5) is 0.